The van der Waals surface area contributed by atoms with E-state index in [0.717, 1.165) is 6.54 Å². The Kier molecular flexibility index (Phi) is 4.16. The third-order valence-corrected chi connectivity index (χ3v) is 3.38. The number of nitrogens with zero attached hydrogens (tertiary/aromatic N) is 1. The third kappa shape index (κ3) is 2.80. The molecular formula is C12H15ClFN3O. The van der Waals surface area contributed by atoms with Gasteiger partial charge in [0.15, 0.2) is 0 Å². The minimum atomic E-state index is -0.430. The molecule has 0 saturated carbocycles. The molecule has 1 unspecified atom stereocenters. The van der Waals surface area contributed by atoms with Crippen LogP contribution in [0, 0.1) is 5.82 Å². The molecule has 1 saturated heterocycles. The van der Waals surface area contributed by atoms with Crippen molar-refractivity contribution in [3.05, 3.63) is 34.6 Å². The van der Waals surface area contributed by atoms with Crippen LogP contribution in [-0.2, 0) is 11.3 Å². The van der Waals surface area contributed by atoms with Crippen molar-refractivity contribution in [3.8, 4) is 0 Å². The summed E-state index contributed by atoms with van der Waals surface area (Å²) in [6.45, 7) is 2.24. The Hall–Kier alpha value is -1.17. The summed E-state index contributed by atoms with van der Waals surface area (Å²) in [4.78, 5) is 13.2. The van der Waals surface area contributed by atoms with Gasteiger partial charge in [-0.1, -0.05) is 23.7 Å². The van der Waals surface area contributed by atoms with Gasteiger partial charge in [-0.2, -0.15) is 0 Å². The summed E-state index contributed by atoms with van der Waals surface area (Å²) < 4.78 is 13.8. The fraction of sp³-hybridized carbons (Fsp3) is 0.417. The fourth-order valence-corrected chi connectivity index (χ4v) is 2.30. The van der Waals surface area contributed by atoms with Gasteiger partial charge in [0, 0.05) is 31.7 Å². The van der Waals surface area contributed by atoms with E-state index in [0.29, 0.717) is 25.2 Å². The molecule has 0 spiro atoms. The van der Waals surface area contributed by atoms with Gasteiger partial charge in [-0.25, -0.2) is 4.39 Å². The van der Waals surface area contributed by atoms with Gasteiger partial charge in [0.1, 0.15) is 11.9 Å². The molecule has 1 aromatic carbocycles. The zero-order valence-corrected chi connectivity index (χ0v) is 10.6. The lowest BCUT2D eigenvalue weighted by atomic mass is 10.1. The molecule has 98 valence electrons. The molecule has 0 bridgehead atoms. The van der Waals surface area contributed by atoms with Crippen molar-refractivity contribution in [1.82, 2.24) is 10.2 Å². The van der Waals surface area contributed by atoms with Crippen LogP contribution in [0.3, 0.4) is 0 Å². The van der Waals surface area contributed by atoms with Crippen molar-refractivity contribution < 1.29 is 9.18 Å². The summed E-state index contributed by atoms with van der Waals surface area (Å²) in [6.07, 6.45) is 0. The molecule has 1 aliphatic rings. The summed E-state index contributed by atoms with van der Waals surface area (Å²) in [5.74, 6) is -0.828. The van der Waals surface area contributed by atoms with E-state index in [1.807, 2.05) is 4.90 Å². The summed E-state index contributed by atoms with van der Waals surface area (Å²) in [7, 11) is 0. The molecule has 1 fully saturated rings. The Morgan fingerprint density at radius 2 is 2.39 bits per heavy atom. The van der Waals surface area contributed by atoms with Gasteiger partial charge in [0.05, 0.1) is 5.02 Å². The van der Waals surface area contributed by atoms with Crippen LogP contribution in [0.5, 0.6) is 0 Å². The first-order valence-corrected chi connectivity index (χ1v) is 6.14. The highest BCUT2D eigenvalue weighted by Gasteiger charge is 2.27. The molecule has 0 radical (unpaired) electrons. The van der Waals surface area contributed by atoms with Crippen LogP contribution in [0.25, 0.3) is 0 Å². The number of halogens is 2. The van der Waals surface area contributed by atoms with E-state index in [1.54, 1.807) is 12.1 Å². The zero-order chi connectivity index (χ0) is 13.1. The highest BCUT2D eigenvalue weighted by atomic mass is 35.5. The van der Waals surface area contributed by atoms with Crippen molar-refractivity contribution in [2.75, 3.05) is 19.6 Å². The van der Waals surface area contributed by atoms with Gasteiger partial charge >= 0.3 is 0 Å². The van der Waals surface area contributed by atoms with Crippen LogP contribution < -0.4 is 11.1 Å². The number of nitrogens with two attached hydrogens (primary N) is 1. The second kappa shape index (κ2) is 5.65. The smallest absolute Gasteiger partial charge is 0.236 e. The first-order chi connectivity index (χ1) is 8.59. The molecule has 2 rings (SSSR count). The Morgan fingerprint density at radius 3 is 3.11 bits per heavy atom. The number of benzene rings is 1. The van der Waals surface area contributed by atoms with E-state index in [1.165, 1.54) is 6.07 Å². The van der Waals surface area contributed by atoms with Crippen molar-refractivity contribution >= 4 is 17.5 Å². The van der Waals surface area contributed by atoms with Crippen LogP contribution in [0.2, 0.25) is 5.02 Å². The molecule has 1 aliphatic heterocycles. The summed E-state index contributed by atoms with van der Waals surface area (Å²) >= 11 is 5.73. The van der Waals surface area contributed by atoms with Gasteiger partial charge in [-0.05, 0) is 6.07 Å². The van der Waals surface area contributed by atoms with Crippen LogP contribution in [0.15, 0.2) is 18.2 Å². The first kappa shape index (κ1) is 13.3. The molecule has 18 heavy (non-hydrogen) atoms. The highest BCUT2D eigenvalue weighted by Crippen LogP contribution is 2.20. The number of nitrogens with one attached hydrogen (secondary N) is 1. The van der Waals surface area contributed by atoms with E-state index in [2.05, 4.69) is 5.32 Å². The lowest BCUT2D eigenvalue weighted by Gasteiger charge is -2.34. The number of piperazine rings is 1. The van der Waals surface area contributed by atoms with Crippen LogP contribution in [0.1, 0.15) is 5.56 Å². The second-order valence-electron chi connectivity index (χ2n) is 4.31. The monoisotopic (exact) mass is 271 g/mol. The van der Waals surface area contributed by atoms with Crippen LogP contribution in [0.4, 0.5) is 4.39 Å². The van der Waals surface area contributed by atoms with E-state index in [-0.39, 0.29) is 5.02 Å². The SMILES string of the molecule is NC(=O)C1CNCCN1Cc1cccc(Cl)c1F. The Morgan fingerprint density at radius 1 is 1.61 bits per heavy atom. The predicted octanol–water partition coefficient (Wildman–Crippen LogP) is 0.738. The zero-order valence-electron chi connectivity index (χ0n) is 9.83. The molecule has 0 aromatic heterocycles. The topological polar surface area (TPSA) is 58.4 Å². The quantitative estimate of drug-likeness (QED) is 0.853. The number of hydrogen-bond donors (Lipinski definition) is 2. The fourth-order valence-electron chi connectivity index (χ4n) is 2.11. The molecule has 3 N–H and O–H groups in total. The lowest BCUT2D eigenvalue weighted by molar-refractivity contribution is -0.124. The average molecular weight is 272 g/mol. The minimum Gasteiger partial charge on any atom is -0.368 e. The first-order valence-electron chi connectivity index (χ1n) is 5.76. The van der Waals surface area contributed by atoms with E-state index in [9.17, 15) is 9.18 Å². The van der Waals surface area contributed by atoms with Gasteiger partial charge in [0.25, 0.3) is 0 Å². The van der Waals surface area contributed by atoms with Crippen molar-refractivity contribution in [2.24, 2.45) is 5.73 Å². The molecule has 1 atom stereocenters. The van der Waals surface area contributed by atoms with Gasteiger partial charge in [-0.15, -0.1) is 0 Å². The maximum absolute atomic E-state index is 13.8. The number of rotatable bonds is 3. The molecule has 0 aliphatic carbocycles. The molecule has 1 heterocycles. The third-order valence-electron chi connectivity index (χ3n) is 3.09. The van der Waals surface area contributed by atoms with Gasteiger partial charge in [-0.3, -0.25) is 9.69 Å². The number of carbonyl (C=O) groups is 1. The summed E-state index contributed by atoms with van der Waals surface area (Å²) in [5.41, 5.74) is 5.82. The molecular weight excluding hydrogens is 257 g/mol. The average Bonchev–Trinajstić information content (AvgIpc) is 2.35. The molecule has 6 heteroatoms. The van der Waals surface area contributed by atoms with Crippen LogP contribution in [-0.4, -0.2) is 36.5 Å². The van der Waals surface area contributed by atoms with E-state index in [4.69, 9.17) is 17.3 Å². The van der Waals surface area contributed by atoms with Crippen molar-refractivity contribution in [3.63, 3.8) is 0 Å². The van der Waals surface area contributed by atoms with Crippen LogP contribution >= 0.6 is 11.6 Å². The number of hydrogen-bond acceptors (Lipinski definition) is 3. The maximum Gasteiger partial charge on any atom is 0.236 e. The number of amides is 1. The lowest BCUT2D eigenvalue weighted by Crippen LogP contribution is -2.56. The Balaban J connectivity index is 2.16. The Labute approximate surface area is 110 Å². The van der Waals surface area contributed by atoms with Crippen molar-refractivity contribution in [1.29, 1.82) is 0 Å². The number of carbonyl (C=O) groups excluding carboxylic acids is 1. The highest BCUT2D eigenvalue weighted by molar-refractivity contribution is 6.30. The normalized spacial score (nSPS) is 20.9. The second-order valence-corrected chi connectivity index (χ2v) is 4.71. The Bertz CT molecular complexity index is 455. The van der Waals surface area contributed by atoms with Gasteiger partial charge < -0.3 is 11.1 Å². The van der Waals surface area contributed by atoms with Crippen molar-refractivity contribution in [2.45, 2.75) is 12.6 Å². The predicted molar refractivity (Wildman–Crippen MR) is 67.7 cm³/mol. The standard InChI is InChI=1S/C12H15ClFN3O/c13-9-3-1-2-8(11(9)14)7-17-5-4-16-6-10(17)12(15)18/h1-3,10,16H,4-7H2,(H2,15,18). The molecule has 1 amide bonds. The maximum atomic E-state index is 13.8. The van der Waals surface area contributed by atoms with E-state index >= 15 is 0 Å². The minimum absolute atomic E-state index is 0.0956. The number of primary amides is 1. The van der Waals surface area contributed by atoms with Gasteiger partial charge in [0.2, 0.25) is 5.91 Å². The largest absolute Gasteiger partial charge is 0.368 e. The molecule has 1 aromatic rings. The van der Waals surface area contributed by atoms with E-state index < -0.39 is 17.8 Å². The summed E-state index contributed by atoms with van der Waals surface area (Å²) in [6, 6.07) is 4.46. The molecule has 4 nitrogen and oxygen atoms in total. The summed E-state index contributed by atoms with van der Waals surface area (Å²) in [5, 5.41) is 3.19.